The van der Waals surface area contributed by atoms with Gasteiger partial charge in [0.05, 0.1) is 26.9 Å². The number of carbonyl (C=O) groups is 1. The van der Waals surface area contributed by atoms with Crippen molar-refractivity contribution in [1.82, 2.24) is 10.2 Å². The molecule has 6 heteroatoms. The Balaban J connectivity index is 1.91. The van der Waals surface area contributed by atoms with E-state index in [0.717, 1.165) is 38.3 Å². The van der Waals surface area contributed by atoms with Crippen molar-refractivity contribution in [1.29, 1.82) is 0 Å². The van der Waals surface area contributed by atoms with Gasteiger partial charge in [-0.05, 0) is 44.0 Å². The number of amides is 1. The summed E-state index contributed by atoms with van der Waals surface area (Å²) in [5.74, 6) is 1.28. The SMILES string of the molecule is CCCOc1ccc(C=CC(=O)NC(C)C(C)N2CCOCC2)cc1OC. The van der Waals surface area contributed by atoms with E-state index in [-0.39, 0.29) is 18.0 Å². The number of nitrogens with one attached hydrogen (secondary N) is 1. The minimum absolute atomic E-state index is 0.0552. The highest BCUT2D eigenvalue weighted by atomic mass is 16.5. The van der Waals surface area contributed by atoms with Crippen molar-refractivity contribution in [3.8, 4) is 11.5 Å². The molecule has 0 aliphatic carbocycles. The van der Waals surface area contributed by atoms with Crippen LogP contribution in [0.3, 0.4) is 0 Å². The largest absolute Gasteiger partial charge is 0.493 e. The number of benzene rings is 1. The third kappa shape index (κ3) is 6.56. The predicted octanol–water partition coefficient (Wildman–Crippen LogP) is 2.72. The molecule has 2 atom stereocenters. The third-order valence-corrected chi connectivity index (χ3v) is 4.79. The van der Waals surface area contributed by atoms with Crippen LogP contribution in [0.1, 0.15) is 32.8 Å². The van der Waals surface area contributed by atoms with Gasteiger partial charge in [-0.1, -0.05) is 13.0 Å². The van der Waals surface area contributed by atoms with Crippen molar-refractivity contribution in [2.75, 3.05) is 40.0 Å². The summed E-state index contributed by atoms with van der Waals surface area (Å²) in [5.41, 5.74) is 0.889. The molecule has 150 valence electrons. The summed E-state index contributed by atoms with van der Waals surface area (Å²) in [6, 6.07) is 5.97. The van der Waals surface area contributed by atoms with Crippen molar-refractivity contribution in [3.05, 3.63) is 29.8 Å². The zero-order valence-corrected chi connectivity index (χ0v) is 16.9. The Hall–Kier alpha value is -2.05. The molecule has 1 aliphatic heterocycles. The number of hydrogen-bond donors (Lipinski definition) is 1. The van der Waals surface area contributed by atoms with Crippen LogP contribution in [0.4, 0.5) is 0 Å². The summed E-state index contributed by atoms with van der Waals surface area (Å²) in [6.07, 6.45) is 4.28. The molecule has 1 amide bonds. The average Bonchev–Trinajstić information content (AvgIpc) is 2.70. The van der Waals surface area contributed by atoms with Crippen molar-refractivity contribution in [2.24, 2.45) is 0 Å². The highest BCUT2D eigenvalue weighted by molar-refractivity contribution is 5.92. The number of hydrogen-bond acceptors (Lipinski definition) is 5. The molecule has 1 N–H and O–H groups in total. The van der Waals surface area contributed by atoms with Gasteiger partial charge >= 0.3 is 0 Å². The lowest BCUT2D eigenvalue weighted by Crippen LogP contribution is -2.51. The molecule has 1 heterocycles. The molecule has 2 unspecified atom stereocenters. The van der Waals surface area contributed by atoms with Gasteiger partial charge in [-0.2, -0.15) is 0 Å². The molecule has 0 bridgehead atoms. The van der Waals surface area contributed by atoms with E-state index in [1.807, 2.05) is 25.1 Å². The Kier molecular flexibility index (Phi) is 8.61. The highest BCUT2D eigenvalue weighted by Gasteiger charge is 2.22. The minimum Gasteiger partial charge on any atom is -0.493 e. The van der Waals surface area contributed by atoms with E-state index in [9.17, 15) is 4.79 Å². The number of methoxy groups -OCH3 is 1. The molecule has 1 aromatic rings. The van der Waals surface area contributed by atoms with E-state index in [2.05, 4.69) is 24.1 Å². The summed E-state index contributed by atoms with van der Waals surface area (Å²) in [7, 11) is 1.61. The van der Waals surface area contributed by atoms with Crippen LogP contribution < -0.4 is 14.8 Å². The fraction of sp³-hybridized carbons (Fsp3) is 0.571. The molecule has 2 rings (SSSR count). The molecule has 0 radical (unpaired) electrons. The second-order valence-corrected chi connectivity index (χ2v) is 6.78. The van der Waals surface area contributed by atoms with Crippen LogP contribution in [0, 0.1) is 0 Å². The van der Waals surface area contributed by atoms with Gasteiger partial charge in [0, 0.05) is 31.2 Å². The Morgan fingerprint density at radius 3 is 2.70 bits per heavy atom. The van der Waals surface area contributed by atoms with Crippen LogP contribution in [0.15, 0.2) is 24.3 Å². The van der Waals surface area contributed by atoms with Crippen LogP contribution in [0.5, 0.6) is 11.5 Å². The van der Waals surface area contributed by atoms with E-state index in [0.29, 0.717) is 18.1 Å². The van der Waals surface area contributed by atoms with E-state index in [4.69, 9.17) is 14.2 Å². The number of rotatable bonds is 9. The van der Waals surface area contributed by atoms with E-state index in [1.165, 1.54) is 0 Å². The van der Waals surface area contributed by atoms with Gasteiger partial charge in [0.25, 0.3) is 0 Å². The fourth-order valence-corrected chi connectivity index (χ4v) is 2.99. The number of morpholine rings is 1. The smallest absolute Gasteiger partial charge is 0.244 e. The lowest BCUT2D eigenvalue weighted by molar-refractivity contribution is -0.117. The molecular weight excluding hydrogens is 344 g/mol. The van der Waals surface area contributed by atoms with Gasteiger partial charge in [-0.15, -0.1) is 0 Å². The second kappa shape index (κ2) is 10.9. The topological polar surface area (TPSA) is 60.0 Å². The van der Waals surface area contributed by atoms with Crippen molar-refractivity contribution in [2.45, 2.75) is 39.3 Å². The molecule has 27 heavy (non-hydrogen) atoms. The molecule has 6 nitrogen and oxygen atoms in total. The molecular formula is C21H32N2O4. The van der Waals surface area contributed by atoms with E-state index < -0.39 is 0 Å². The summed E-state index contributed by atoms with van der Waals surface area (Å²) < 4.78 is 16.4. The van der Waals surface area contributed by atoms with Crippen LogP contribution in [0.25, 0.3) is 6.08 Å². The summed E-state index contributed by atoms with van der Waals surface area (Å²) in [4.78, 5) is 14.6. The maximum atomic E-state index is 12.3. The van der Waals surface area contributed by atoms with Crippen LogP contribution >= 0.6 is 0 Å². The molecule has 1 aromatic carbocycles. The maximum Gasteiger partial charge on any atom is 0.244 e. The summed E-state index contributed by atoms with van der Waals surface area (Å²) >= 11 is 0. The maximum absolute atomic E-state index is 12.3. The Morgan fingerprint density at radius 2 is 2.04 bits per heavy atom. The molecule has 1 saturated heterocycles. The molecule has 1 fully saturated rings. The molecule has 0 aromatic heterocycles. The van der Waals surface area contributed by atoms with Crippen LogP contribution in [0.2, 0.25) is 0 Å². The van der Waals surface area contributed by atoms with Gasteiger partial charge in [0.2, 0.25) is 5.91 Å². The van der Waals surface area contributed by atoms with Gasteiger partial charge in [-0.25, -0.2) is 0 Å². The van der Waals surface area contributed by atoms with Crippen molar-refractivity contribution in [3.63, 3.8) is 0 Å². The zero-order valence-electron chi connectivity index (χ0n) is 16.9. The molecule has 0 spiro atoms. The standard InChI is InChI=1S/C21H32N2O4/c1-5-12-27-19-8-6-18(15-20(19)25-4)7-9-21(24)22-16(2)17(3)23-10-13-26-14-11-23/h6-9,15-17H,5,10-14H2,1-4H3,(H,22,24). The molecule has 1 aliphatic rings. The first kappa shape index (κ1) is 21.3. The quantitative estimate of drug-likeness (QED) is 0.672. The lowest BCUT2D eigenvalue weighted by atomic mass is 10.1. The minimum atomic E-state index is -0.104. The summed E-state index contributed by atoms with van der Waals surface area (Å²) in [6.45, 7) is 10.2. The Labute approximate surface area is 162 Å². The van der Waals surface area contributed by atoms with Crippen molar-refractivity contribution < 1.29 is 19.0 Å². The fourth-order valence-electron chi connectivity index (χ4n) is 2.99. The van der Waals surface area contributed by atoms with E-state index in [1.54, 1.807) is 19.3 Å². The second-order valence-electron chi connectivity index (χ2n) is 6.78. The normalized spacial score (nSPS) is 17.5. The third-order valence-electron chi connectivity index (χ3n) is 4.79. The number of carbonyl (C=O) groups excluding carboxylic acids is 1. The van der Waals surface area contributed by atoms with Gasteiger partial charge in [0.1, 0.15) is 0 Å². The average molecular weight is 376 g/mol. The van der Waals surface area contributed by atoms with E-state index >= 15 is 0 Å². The first-order valence-corrected chi connectivity index (χ1v) is 9.66. The number of nitrogens with zero attached hydrogens (tertiary/aromatic N) is 1. The number of ether oxygens (including phenoxy) is 3. The van der Waals surface area contributed by atoms with Crippen LogP contribution in [-0.2, 0) is 9.53 Å². The van der Waals surface area contributed by atoms with Gasteiger partial charge < -0.3 is 19.5 Å². The van der Waals surface area contributed by atoms with Gasteiger partial charge in [0.15, 0.2) is 11.5 Å². The van der Waals surface area contributed by atoms with Gasteiger partial charge in [-0.3, -0.25) is 9.69 Å². The first-order chi connectivity index (χ1) is 13.0. The Morgan fingerprint density at radius 1 is 1.30 bits per heavy atom. The van der Waals surface area contributed by atoms with Crippen molar-refractivity contribution >= 4 is 12.0 Å². The Bertz CT molecular complexity index is 627. The van der Waals surface area contributed by atoms with Crippen LogP contribution in [-0.4, -0.2) is 62.9 Å². The predicted molar refractivity (Wildman–Crippen MR) is 107 cm³/mol. The lowest BCUT2D eigenvalue weighted by Gasteiger charge is -2.35. The monoisotopic (exact) mass is 376 g/mol. The first-order valence-electron chi connectivity index (χ1n) is 9.66. The summed E-state index contributed by atoms with van der Waals surface area (Å²) in [5, 5.41) is 3.05. The zero-order chi connectivity index (χ0) is 19.6. The molecule has 0 saturated carbocycles. The highest BCUT2D eigenvalue weighted by Crippen LogP contribution is 2.28.